The van der Waals surface area contributed by atoms with Crippen LogP contribution in [0.15, 0.2) is 121 Å². The smallest absolute Gasteiger partial charge is 0.256 e. The molecule has 6 nitrogen and oxygen atoms in total. The number of ether oxygens (including phenoxy) is 2. The van der Waals surface area contributed by atoms with Crippen molar-refractivity contribution in [3.8, 4) is 0 Å². The number of carbonyl (C=O) groups excluding carboxylic acids is 2. The number of rotatable bonds is 4. The number of benzene rings is 4. The molecule has 10 heteroatoms. The van der Waals surface area contributed by atoms with Gasteiger partial charge in [-0.1, -0.05) is 97.1 Å². The molecule has 4 saturated heterocycles. The monoisotopic (exact) mass is 750 g/mol. The Morgan fingerprint density at radius 2 is 0.800 bits per heavy atom. The van der Waals surface area contributed by atoms with Gasteiger partial charge < -0.3 is 9.47 Å². The Hall–Kier alpha value is -3.10. The molecule has 0 unspecified atom stereocenters. The number of hydrogen-bond acceptors (Lipinski definition) is 4. The van der Waals surface area contributed by atoms with Crippen LogP contribution < -0.4 is 9.80 Å². The lowest BCUT2D eigenvalue weighted by atomic mass is 9.72. The SMILES string of the molecule is C[C@@]1(Cl)CCO[C@@]2(c3ccccc3)N(c3ccccc3)C(=O)[C@@]2(Cl)C1.C[C@]1(Cl)CCO[C@]2(c3ccccc3)N(c3ccccc3)C(=O)[C@]2(Cl)C1. The van der Waals surface area contributed by atoms with Crippen molar-refractivity contribution < 1.29 is 19.1 Å². The molecule has 4 aliphatic rings. The first-order chi connectivity index (χ1) is 23.8. The molecule has 4 heterocycles. The summed E-state index contributed by atoms with van der Waals surface area (Å²) in [7, 11) is 0. The number of β-lactam (4-membered cyclic amide) rings is 2. The fourth-order valence-electron chi connectivity index (χ4n) is 7.91. The lowest BCUT2D eigenvalue weighted by molar-refractivity contribution is -0.164. The van der Waals surface area contributed by atoms with Gasteiger partial charge in [0.1, 0.15) is 0 Å². The molecule has 0 spiro atoms. The van der Waals surface area contributed by atoms with Gasteiger partial charge in [0.25, 0.3) is 11.8 Å². The summed E-state index contributed by atoms with van der Waals surface area (Å²) in [6.07, 6.45) is 1.96. The van der Waals surface area contributed by atoms with Gasteiger partial charge in [0.2, 0.25) is 11.4 Å². The van der Waals surface area contributed by atoms with Crippen LogP contribution in [0.4, 0.5) is 11.4 Å². The minimum Gasteiger partial charge on any atom is -0.349 e. The first-order valence-electron chi connectivity index (χ1n) is 16.8. The van der Waals surface area contributed by atoms with Gasteiger partial charge in [0.05, 0.1) is 13.2 Å². The summed E-state index contributed by atoms with van der Waals surface area (Å²) < 4.78 is 12.7. The number of amides is 2. The molecule has 4 aromatic carbocycles. The standard InChI is InChI=1S/2C20H19Cl2NO2/c2*1-18(21)12-13-25-20(15-8-4-2-5-9-15)19(22,14-18)17(24)23(20)16-10-6-3-7-11-16/h2*2-11H,12-14H2,1H3/t2*18-,19+,20-/m10/s1. The highest BCUT2D eigenvalue weighted by Gasteiger charge is 2.76. The number of nitrogens with zero attached hydrogens (tertiary/aromatic N) is 2. The molecule has 260 valence electrons. The first kappa shape index (κ1) is 35.3. The number of para-hydroxylation sites is 2. The maximum absolute atomic E-state index is 13.2. The van der Waals surface area contributed by atoms with E-state index in [4.69, 9.17) is 55.9 Å². The van der Waals surface area contributed by atoms with E-state index in [9.17, 15) is 9.59 Å². The van der Waals surface area contributed by atoms with Crippen molar-refractivity contribution in [2.24, 2.45) is 0 Å². The Morgan fingerprint density at radius 1 is 0.500 bits per heavy atom. The fraction of sp³-hybridized carbons (Fsp3) is 0.350. The van der Waals surface area contributed by atoms with Crippen LogP contribution in [0.2, 0.25) is 0 Å². The highest BCUT2D eigenvalue weighted by Crippen LogP contribution is 2.62. The number of anilines is 2. The van der Waals surface area contributed by atoms with E-state index in [1.165, 1.54) is 0 Å². The highest BCUT2D eigenvalue weighted by molar-refractivity contribution is 6.43. The van der Waals surface area contributed by atoms with Gasteiger partial charge in [0, 0.05) is 32.3 Å². The Labute approximate surface area is 313 Å². The predicted octanol–water partition coefficient (Wildman–Crippen LogP) is 9.34. The Bertz CT molecular complexity index is 1730. The number of hydrogen-bond donors (Lipinski definition) is 0. The second kappa shape index (κ2) is 12.8. The van der Waals surface area contributed by atoms with Crippen LogP contribution in [0.3, 0.4) is 0 Å². The van der Waals surface area contributed by atoms with Gasteiger partial charge in [-0.3, -0.25) is 19.4 Å². The minimum atomic E-state index is -1.23. The third kappa shape index (κ3) is 5.37. The van der Waals surface area contributed by atoms with E-state index in [1.54, 1.807) is 9.80 Å². The number of fused-ring (bicyclic) bond motifs is 2. The topological polar surface area (TPSA) is 59.1 Å². The van der Waals surface area contributed by atoms with E-state index in [1.807, 2.05) is 135 Å². The zero-order chi connectivity index (χ0) is 35.4. The lowest BCUT2D eigenvalue weighted by Crippen LogP contribution is -2.79. The van der Waals surface area contributed by atoms with Crippen molar-refractivity contribution in [1.29, 1.82) is 0 Å². The molecule has 0 radical (unpaired) electrons. The van der Waals surface area contributed by atoms with Crippen molar-refractivity contribution in [3.05, 3.63) is 132 Å². The number of halogens is 4. The molecule has 0 bridgehead atoms. The van der Waals surface area contributed by atoms with E-state index in [-0.39, 0.29) is 11.8 Å². The fourth-order valence-corrected chi connectivity index (χ4v) is 9.85. The molecule has 0 saturated carbocycles. The predicted molar refractivity (Wildman–Crippen MR) is 200 cm³/mol. The zero-order valence-corrected chi connectivity index (χ0v) is 30.9. The van der Waals surface area contributed by atoms with Crippen molar-refractivity contribution in [2.45, 2.75) is 70.5 Å². The van der Waals surface area contributed by atoms with Crippen molar-refractivity contribution in [2.75, 3.05) is 23.0 Å². The van der Waals surface area contributed by atoms with Gasteiger partial charge in [0.15, 0.2) is 9.75 Å². The lowest BCUT2D eigenvalue weighted by Gasteiger charge is -2.61. The van der Waals surface area contributed by atoms with Crippen LogP contribution >= 0.6 is 46.4 Å². The van der Waals surface area contributed by atoms with Gasteiger partial charge in [-0.25, -0.2) is 0 Å². The largest absolute Gasteiger partial charge is 0.349 e. The summed E-state index contributed by atoms with van der Waals surface area (Å²) in [6, 6.07) is 38.4. The molecular weight excluding hydrogens is 714 g/mol. The van der Waals surface area contributed by atoms with Gasteiger partial charge in [-0.05, 0) is 63.8 Å². The van der Waals surface area contributed by atoms with E-state index < -0.39 is 30.9 Å². The third-order valence-electron chi connectivity index (χ3n) is 10.2. The van der Waals surface area contributed by atoms with Crippen LogP contribution in [-0.2, 0) is 30.5 Å². The molecule has 4 fully saturated rings. The van der Waals surface area contributed by atoms with E-state index in [0.29, 0.717) is 38.9 Å². The summed E-state index contributed by atoms with van der Waals surface area (Å²) in [6.45, 7) is 4.70. The summed E-state index contributed by atoms with van der Waals surface area (Å²) in [5.41, 5.74) is 1.16. The van der Waals surface area contributed by atoms with Crippen molar-refractivity contribution in [3.63, 3.8) is 0 Å². The number of carbonyl (C=O) groups is 2. The minimum absolute atomic E-state index is 0.169. The van der Waals surface area contributed by atoms with Gasteiger partial charge in [-0.15, -0.1) is 46.4 Å². The molecule has 0 N–H and O–H groups in total. The highest BCUT2D eigenvalue weighted by atomic mass is 35.5. The Morgan fingerprint density at radius 3 is 1.12 bits per heavy atom. The summed E-state index contributed by atoms with van der Waals surface area (Å²) in [5, 5.41) is 0. The molecule has 0 aliphatic carbocycles. The second-order valence-electron chi connectivity index (χ2n) is 14.0. The molecule has 8 rings (SSSR count). The first-order valence-corrected chi connectivity index (χ1v) is 18.3. The molecule has 2 amide bonds. The second-order valence-corrected chi connectivity index (χ2v) is 17.1. The average molecular weight is 753 g/mol. The maximum atomic E-state index is 13.2. The maximum Gasteiger partial charge on any atom is 0.256 e. The van der Waals surface area contributed by atoms with Crippen LogP contribution in [0, 0.1) is 0 Å². The Kier molecular flexibility index (Phi) is 9.07. The molecule has 0 aromatic heterocycles. The zero-order valence-electron chi connectivity index (χ0n) is 27.8. The van der Waals surface area contributed by atoms with E-state index in [2.05, 4.69) is 0 Å². The molecule has 50 heavy (non-hydrogen) atoms. The normalized spacial score (nSPS) is 34.8. The van der Waals surface area contributed by atoms with E-state index >= 15 is 0 Å². The molecular formula is C40H38Cl4N2O4. The van der Waals surface area contributed by atoms with Gasteiger partial charge in [-0.2, -0.15) is 0 Å². The van der Waals surface area contributed by atoms with E-state index in [0.717, 1.165) is 22.5 Å². The third-order valence-corrected chi connectivity index (χ3v) is 12.0. The van der Waals surface area contributed by atoms with Crippen molar-refractivity contribution >= 4 is 69.6 Å². The van der Waals surface area contributed by atoms with Crippen LogP contribution in [0.25, 0.3) is 0 Å². The quantitative estimate of drug-likeness (QED) is 0.154. The van der Waals surface area contributed by atoms with Gasteiger partial charge >= 0.3 is 0 Å². The van der Waals surface area contributed by atoms with Crippen LogP contribution in [-0.4, -0.2) is 44.5 Å². The van der Waals surface area contributed by atoms with Crippen LogP contribution in [0.1, 0.15) is 50.7 Å². The average Bonchev–Trinajstić information content (AvgIpc) is 3.27. The summed E-state index contributed by atoms with van der Waals surface area (Å²) >= 11 is 27.2. The number of alkyl halides is 4. The summed E-state index contributed by atoms with van der Waals surface area (Å²) in [4.78, 5) is 26.1. The molecule has 6 atom stereocenters. The van der Waals surface area contributed by atoms with Crippen molar-refractivity contribution in [1.82, 2.24) is 0 Å². The van der Waals surface area contributed by atoms with Crippen LogP contribution in [0.5, 0.6) is 0 Å². The molecule has 4 aromatic rings. The Balaban J connectivity index is 0.000000157. The molecule has 4 aliphatic heterocycles. The summed E-state index contributed by atoms with van der Waals surface area (Å²) in [5.74, 6) is -0.337.